The predicted molar refractivity (Wildman–Crippen MR) is 105 cm³/mol. The molecule has 1 N–H and O–H groups in total. The first-order valence-electron chi connectivity index (χ1n) is 8.08. The number of benzene rings is 1. The van der Waals surface area contributed by atoms with Gasteiger partial charge in [-0.15, -0.1) is 0 Å². The van der Waals surface area contributed by atoms with E-state index in [0.717, 1.165) is 34.5 Å². The Bertz CT molecular complexity index is 838. The molecule has 3 rings (SSSR count). The number of anilines is 3. The van der Waals surface area contributed by atoms with E-state index in [0.29, 0.717) is 5.95 Å². The lowest BCUT2D eigenvalue weighted by atomic mass is 10.2. The average molecular weight is 398 g/mol. The van der Waals surface area contributed by atoms with E-state index in [1.807, 2.05) is 49.8 Å². The van der Waals surface area contributed by atoms with Crippen LogP contribution in [0.25, 0.3) is 0 Å². The number of hydrogen-bond acceptors (Lipinski definition) is 5. The summed E-state index contributed by atoms with van der Waals surface area (Å²) in [6, 6.07) is 12.1. The van der Waals surface area contributed by atoms with Gasteiger partial charge in [0.05, 0.1) is 0 Å². The average Bonchev–Trinajstić information content (AvgIpc) is 2.63. The number of halogens is 1. The van der Waals surface area contributed by atoms with Gasteiger partial charge >= 0.3 is 0 Å². The predicted octanol–water partition coefficient (Wildman–Crippen LogP) is 4.37. The maximum absolute atomic E-state index is 4.62. The molecule has 0 radical (unpaired) electrons. The number of pyridine rings is 1. The molecule has 2 aromatic heterocycles. The molecular weight excluding hydrogens is 378 g/mol. The van der Waals surface area contributed by atoms with E-state index in [4.69, 9.17) is 0 Å². The molecule has 5 nitrogen and oxygen atoms in total. The Morgan fingerprint density at radius 1 is 1.08 bits per heavy atom. The molecule has 128 valence electrons. The molecular formula is C19H20BrN5. The molecule has 0 aliphatic carbocycles. The van der Waals surface area contributed by atoms with Crippen molar-refractivity contribution in [2.75, 3.05) is 23.8 Å². The van der Waals surface area contributed by atoms with Gasteiger partial charge in [-0.2, -0.15) is 4.98 Å². The van der Waals surface area contributed by atoms with Gasteiger partial charge in [0.25, 0.3) is 0 Å². The molecule has 0 amide bonds. The first-order valence-corrected chi connectivity index (χ1v) is 8.87. The van der Waals surface area contributed by atoms with Crippen molar-refractivity contribution < 1.29 is 0 Å². The molecule has 0 bridgehead atoms. The second-order valence-electron chi connectivity index (χ2n) is 5.85. The molecule has 0 aliphatic heterocycles. The lowest BCUT2D eigenvalue weighted by Gasteiger charge is -2.19. The van der Waals surface area contributed by atoms with Crippen LogP contribution >= 0.6 is 15.9 Å². The number of aryl methyl sites for hydroxylation is 1. The maximum Gasteiger partial charge on any atom is 0.229 e. The highest BCUT2D eigenvalue weighted by Gasteiger charge is 2.07. The smallest absolute Gasteiger partial charge is 0.229 e. The Balaban J connectivity index is 1.68. The zero-order valence-electron chi connectivity index (χ0n) is 14.3. The highest BCUT2D eigenvalue weighted by molar-refractivity contribution is 9.10. The summed E-state index contributed by atoms with van der Waals surface area (Å²) in [6.45, 7) is 2.93. The molecule has 0 unspecified atom stereocenters. The summed E-state index contributed by atoms with van der Waals surface area (Å²) in [5, 5.41) is 3.29. The number of nitrogens with one attached hydrogen (secondary N) is 1. The van der Waals surface area contributed by atoms with Gasteiger partial charge in [0.15, 0.2) is 0 Å². The third kappa shape index (κ3) is 4.76. The van der Waals surface area contributed by atoms with Crippen molar-refractivity contribution in [2.45, 2.75) is 13.3 Å². The minimum absolute atomic E-state index is 0.596. The number of rotatable bonds is 6. The normalized spacial score (nSPS) is 10.5. The molecule has 25 heavy (non-hydrogen) atoms. The Hall–Kier alpha value is -2.47. The Morgan fingerprint density at radius 2 is 1.88 bits per heavy atom. The SMILES string of the molecule is Cc1cc(Br)ccc1Nc1nccc(N(C)CCc2ccncc2)n1. The quantitative estimate of drug-likeness (QED) is 0.669. The van der Waals surface area contributed by atoms with Crippen molar-refractivity contribution in [2.24, 2.45) is 0 Å². The Labute approximate surface area is 156 Å². The van der Waals surface area contributed by atoms with E-state index in [9.17, 15) is 0 Å². The number of hydrogen-bond donors (Lipinski definition) is 1. The van der Waals surface area contributed by atoms with Gasteiger partial charge in [-0.3, -0.25) is 4.98 Å². The Morgan fingerprint density at radius 3 is 2.64 bits per heavy atom. The van der Waals surface area contributed by atoms with Crippen LogP contribution < -0.4 is 10.2 Å². The van der Waals surface area contributed by atoms with E-state index in [2.05, 4.69) is 54.1 Å². The minimum Gasteiger partial charge on any atom is -0.359 e. The summed E-state index contributed by atoms with van der Waals surface area (Å²) in [5.74, 6) is 1.49. The molecule has 3 aromatic rings. The van der Waals surface area contributed by atoms with Crippen LogP contribution in [0.2, 0.25) is 0 Å². The van der Waals surface area contributed by atoms with Crippen LogP contribution in [0.1, 0.15) is 11.1 Å². The van der Waals surface area contributed by atoms with Crippen LogP contribution in [-0.2, 0) is 6.42 Å². The standard InChI is InChI=1S/C19H20BrN5/c1-14-13-16(20)3-4-17(14)23-19-22-11-7-18(24-19)25(2)12-8-15-5-9-21-10-6-15/h3-7,9-11,13H,8,12H2,1-2H3,(H,22,23,24). The molecule has 0 fully saturated rings. The summed E-state index contributed by atoms with van der Waals surface area (Å²) in [4.78, 5) is 15.1. The second kappa shape index (κ2) is 8.07. The molecule has 0 aliphatic rings. The first kappa shape index (κ1) is 17.4. The van der Waals surface area contributed by atoms with Crippen LogP contribution in [0.4, 0.5) is 17.5 Å². The summed E-state index contributed by atoms with van der Waals surface area (Å²) in [7, 11) is 2.04. The molecule has 6 heteroatoms. The number of aromatic nitrogens is 3. The van der Waals surface area contributed by atoms with Gasteiger partial charge in [-0.1, -0.05) is 15.9 Å². The van der Waals surface area contributed by atoms with Crippen molar-refractivity contribution >= 4 is 33.4 Å². The molecule has 0 saturated heterocycles. The van der Waals surface area contributed by atoms with Gasteiger partial charge in [0.2, 0.25) is 5.95 Å². The summed E-state index contributed by atoms with van der Waals surface area (Å²) < 4.78 is 1.06. The second-order valence-corrected chi connectivity index (χ2v) is 6.77. The van der Waals surface area contributed by atoms with Gasteiger partial charge in [0.1, 0.15) is 5.82 Å². The fraction of sp³-hybridized carbons (Fsp3) is 0.211. The summed E-state index contributed by atoms with van der Waals surface area (Å²) in [6.07, 6.45) is 6.37. The zero-order valence-corrected chi connectivity index (χ0v) is 15.9. The van der Waals surface area contributed by atoms with Crippen molar-refractivity contribution in [3.63, 3.8) is 0 Å². The number of nitrogens with zero attached hydrogens (tertiary/aromatic N) is 4. The molecule has 1 aromatic carbocycles. The van der Waals surface area contributed by atoms with E-state index < -0.39 is 0 Å². The lowest BCUT2D eigenvalue weighted by Crippen LogP contribution is -2.21. The fourth-order valence-electron chi connectivity index (χ4n) is 2.47. The van der Waals surface area contributed by atoms with Crippen LogP contribution in [0.5, 0.6) is 0 Å². The van der Waals surface area contributed by atoms with Crippen molar-refractivity contribution in [3.8, 4) is 0 Å². The first-order chi connectivity index (χ1) is 12.1. The largest absolute Gasteiger partial charge is 0.359 e. The van der Waals surface area contributed by atoms with E-state index >= 15 is 0 Å². The highest BCUT2D eigenvalue weighted by Crippen LogP contribution is 2.23. The zero-order chi connectivity index (χ0) is 17.6. The minimum atomic E-state index is 0.596. The maximum atomic E-state index is 4.62. The van der Waals surface area contributed by atoms with Gasteiger partial charge in [0, 0.05) is 42.3 Å². The van der Waals surface area contributed by atoms with Crippen molar-refractivity contribution in [1.29, 1.82) is 0 Å². The van der Waals surface area contributed by atoms with Gasteiger partial charge in [-0.05, 0) is 60.9 Å². The highest BCUT2D eigenvalue weighted by atomic mass is 79.9. The third-order valence-electron chi connectivity index (χ3n) is 3.95. The number of likely N-dealkylation sites (N-methyl/N-ethyl adjacent to an activating group) is 1. The molecule has 2 heterocycles. The monoisotopic (exact) mass is 397 g/mol. The fourth-order valence-corrected chi connectivity index (χ4v) is 2.95. The topological polar surface area (TPSA) is 53.9 Å². The Kier molecular flexibility index (Phi) is 5.60. The van der Waals surface area contributed by atoms with Crippen LogP contribution in [0.3, 0.4) is 0 Å². The van der Waals surface area contributed by atoms with E-state index in [-0.39, 0.29) is 0 Å². The van der Waals surface area contributed by atoms with Gasteiger partial charge in [-0.25, -0.2) is 4.98 Å². The van der Waals surface area contributed by atoms with Gasteiger partial charge < -0.3 is 10.2 Å². The molecule has 0 spiro atoms. The molecule has 0 saturated carbocycles. The summed E-state index contributed by atoms with van der Waals surface area (Å²) >= 11 is 3.48. The van der Waals surface area contributed by atoms with E-state index in [1.165, 1.54) is 5.56 Å². The summed E-state index contributed by atoms with van der Waals surface area (Å²) in [5.41, 5.74) is 3.40. The van der Waals surface area contributed by atoms with Crippen LogP contribution in [0.15, 0.2) is 59.5 Å². The van der Waals surface area contributed by atoms with Crippen molar-refractivity contribution in [3.05, 3.63) is 70.6 Å². The van der Waals surface area contributed by atoms with Crippen LogP contribution in [-0.4, -0.2) is 28.5 Å². The van der Waals surface area contributed by atoms with Crippen molar-refractivity contribution in [1.82, 2.24) is 15.0 Å². The van der Waals surface area contributed by atoms with Crippen LogP contribution in [0, 0.1) is 6.92 Å². The lowest BCUT2D eigenvalue weighted by molar-refractivity contribution is 0.855. The third-order valence-corrected chi connectivity index (χ3v) is 4.45. The molecule has 0 atom stereocenters. The van der Waals surface area contributed by atoms with E-state index in [1.54, 1.807) is 6.20 Å².